The maximum absolute atomic E-state index is 6.03. The number of hydrogen-bond acceptors (Lipinski definition) is 7. The number of nitrogens with zero attached hydrogens (tertiary/aromatic N) is 5. The largest absolute Gasteiger partial charge is 0.383 e. The van der Waals surface area contributed by atoms with Crippen LogP contribution in [0, 0.1) is 0 Å². The predicted molar refractivity (Wildman–Crippen MR) is 77.6 cm³/mol. The highest BCUT2D eigenvalue weighted by Crippen LogP contribution is 2.17. The fourth-order valence-electron chi connectivity index (χ4n) is 1.98. The molecule has 1 fully saturated rings. The number of methoxy groups -OCH3 is 1. The molecule has 0 atom stereocenters. The number of anilines is 2. The van der Waals surface area contributed by atoms with Crippen LogP contribution in [-0.2, 0) is 9.47 Å². The van der Waals surface area contributed by atoms with Gasteiger partial charge in [-0.1, -0.05) is 0 Å². The second kappa shape index (κ2) is 7.56. The van der Waals surface area contributed by atoms with E-state index in [1.807, 2.05) is 11.8 Å². The zero-order valence-electron chi connectivity index (χ0n) is 11.9. The molecule has 0 bridgehead atoms. The van der Waals surface area contributed by atoms with E-state index < -0.39 is 0 Å². The van der Waals surface area contributed by atoms with E-state index in [0.29, 0.717) is 31.7 Å². The Balaban J connectivity index is 2.17. The molecule has 1 saturated heterocycles. The van der Waals surface area contributed by atoms with E-state index in [1.54, 1.807) is 7.11 Å². The van der Waals surface area contributed by atoms with Crippen molar-refractivity contribution in [1.29, 1.82) is 0 Å². The Morgan fingerprint density at radius 3 is 2.70 bits per heavy atom. The molecule has 0 radical (unpaired) electrons. The van der Waals surface area contributed by atoms with Crippen LogP contribution in [0.5, 0.6) is 0 Å². The lowest BCUT2D eigenvalue weighted by atomic mass is 10.4. The van der Waals surface area contributed by atoms with E-state index in [0.717, 1.165) is 26.2 Å². The molecule has 7 nitrogen and oxygen atoms in total. The molecular formula is C12H20ClN5O2. The highest BCUT2D eigenvalue weighted by Gasteiger charge is 2.18. The number of likely N-dealkylation sites (N-methyl/N-ethyl adjacent to an activating group) is 1. The molecule has 20 heavy (non-hydrogen) atoms. The summed E-state index contributed by atoms with van der Waals surface area (Å²) >= 11 is 6.03. The molecule has 112 valence electrons. The molecule has 0 spiro atoms. The minimum absolute atomic E-state index is 0.215. The van der Waals surface area contributed by atoms with Gasteiger partial charge in [-0.3, -0.25) is 0 Å². The van der Waals surface area contributed by atoms with Gasteiger partial charge in [0.1, 0.15) is 0 Å². The van der Waals surface area contributed by atoms with Gasteiger partial charge >= 0.3 is 0 Å². The first-order chi connectivity index (χ1) is 9.74. The Morgan fingerprint density at radius 2 is 2.05 bits per heavy atom. The highest BCUT2D eigenvalue weighted by atomic mass is 35.5. The fourth-order valence-corrected chi connectivity index (χ4v) is 2.13. The van der Waals surface area contributed by atoms with Crippen molar-refractivity contribution in [2.24, 2.45) is 0 Å². The summed E-state index contributed by atoms with van der Waals surface area (Å²) < 4.78 is 10.4. The number of ether oxygens (including phenoxy) is 2. The van der Waals surface area contributed by atoms with Gasteiger partial charge in [0, 0.05) is 33.3 Å². The summed E-state index contributed by atoms with van der Waals surface area (Å²) in [7, 11) is 1.67. The number of halogens is 1. The van der Waals surface area contributed by atoms with Gasteiger partial charge in [-0.2, -0.15) is 15.0 Å². The van der Waals surface area contributed by atoms with Crippen LogP contribution >= 0.6 is 11.6 Å². The van der Waals surface area contributed by atoms with Gasteiger partial charge in [0.2, 0.25) is 17.2 Å². The average molecular weight is 302 g/mol. The Hall–Kier alpha value is -1.18. The minimum atomic E-state index is 0.215. The van der Waals surface area contributed by atoms with E-state index in [4.69, 9.17) is 21.1 Å². The Bertz CT molecular complexity index is 428. The van der Waals surface area contributed by atoms with E-state index in [-0.39, 0.29) is 5.28 Å². The second-order valence-corrected chi connectivity index (χ2v) is 4.71. The summed E-state index contributed by atoms with van der Waals surface area (Å²) in [4.78, 5) is 17.0. The van der Waals surface area contributed by atoms with Crippen molar-refractivity contribution < 1.29 is 9.47 Å². The quantitative estimate of drug-likeness (QED) is 0.771. The third-order valence-electron chi connectivity index (χ3n) is 3.11. The summed E-state index contributed by atoms with van der Waals surface area (Å²) in [6.07, 6.45) is 0. The van der Waals surface area contributed by atoms with Crippen molar-refractivity contribution in [3.8, 4) is 0 Å². The van der Waals surface area contributed by atoms with E-state index in [2.05, 4.69) is 19.9 Å². The molecule has 2 rings (SSSR count). The van der Waals surface area contributed by atoms with Gasteiger partial charge in [0.05, 0.1) is 19.8 Å². The van der Waals surface area contributed by atoms with Crippen molar-refractivity contribution in [2.75, 3.05) is 62.9 Å². The summed E-state index contributed by atoms with van der Waals surface area (Å²) in [6, 6.07) is 0. The Morgan fingerprint density at radius 1 is 1.30 bits per heavy atom. The van der Waals surface area contributed by atoms with E-state index in [1.165, 1.54) is 0 Å². The molecule has 0 aliphatic carbocycles. The molecular weight excluding hydrogens is 282 g/mol. The normalized spacial score (nSPS) is 15.4. The summed E-state index contributed by atoms with van der Waals surface area (Å²) in [5.41, 5.74) is 0. The van der Waals surface area contributed by atoms with Crippen molar-refractivity contribution in [3.05, 3.63) is 5.28 Å². The molecule has 1 aromatic rings. The number of hydrogen-bond donors (Lipinski definition) is 0. The molecule has 0 aromatic carbocycles. The van der Waals surface area contributed by atoms with Crippen LogP contribution < -0.4 is 9.80 Å². The van der Waals surface area contributed by atoms with Crippen LogP contribution in [0.1, 0.15) is 6.92 Å². The van der Waals surface area contributed by atoms with Crippen LogP contribution in [-0.4, -0.2) is 68.1 Å². The first-order valence-electron chi connectivity index (χ1n) is 6.72. The van der Waals surface area contributed by atoms with Crippen molar-refractivity contribution in [2.45, 2.75) is 6.92 Å². The van der Waals surface area contributed by atoms with Gasteiger partial charge in [0.15, 0.2) is 0 Å². The van der Waals surface area contributed by atoms with Gasteiger partial charge in [-0.25, -0.2) is 0 Å². The van der Waals surface area contributed by atoms with Crippen LogP contribution in [0.4, 0.5) is 11.9 Å². The third kappa shape index (κ3) is 3.91. The van der Waals surface area contributed by atoms with Crippen LogP contribution in [0.15, 0.2) is 0 Å². The van der Waals surface area contributed by atoms with Gasteiger partial charge in [-0.15, -0.1) is 0 Å². The van der Waals surface area contributed by atoms with E-state index >= 15 is 0 Å². The number of rotatable bonds is 6. The molecule has 1 aliphatic heterocycles. The molecule has 0 saturated carbocycles. The predicted octanol–water partition coefficient (Wildman–Crippen LogP) is 0.834. The smallest absolute Gasteiger partial charge is 0.231 e. The lowest BCUT2D eigenvalue weighted by Crippen LogP contribution is -2.38. The lowest BCUT2D eigenvalue weighted by molar-refractivity contribution is 0.122. The molecule has 1 aromatic heterocycles. The Labute approximate surface area is 123 Å². The van der Waals surface area contributed by atoms with Crippen molar-refractivity contribution in [1.82, 2.24) is 15.0 Å². The molecule has 0 unspecified atom stereocenters. The maximum Gasteiger partial charge on any atom is 0.231 e. The van der Waals surface area contributed by atoms with Gasteiger partial charge in [0.25, 0.3) is 0 Å². The van der Waals surface area contributed by atoms with Crippen LogP contribution in [0.3, 0.4) is 0 Å². The first-order valence-corrected chi connectivity index (χ1v) is 7.10. The fraction of sp³-hybridized carbons (Fsp3) is 0.750. The molecule has 8 heteroatoms. The zero-order valence-corrected chi connectivity index (χ0v) is 12.6. The average Bonchev–Trinajstić information content (AvgIpc) is 2.48. The molecule has 1 aliphatic rings. The van der Waals surface area contributed by atoms with Gasteiger partial charge < -0.3 is 19.3 Å². The van der Waals surface area contributed by atoms with E-state index in [9.17, 15) is 0 Å². The monoisotopic (exact) mass is 301 g/mol. The minimum Gasteiger partial charge on any atom is -0.383 e. The van der Waals surface area contributed by atoms with Crippen LogP contribution in [0.2, 0.25) is 5.28 Å². The van der Waals surface area contributed by atoms with Crippen molar-refractivity contribution >= 4 is 23.5 Å². The summed E-state index contributed by atoms with van der Waals surface area (Å²) in [5, 5.41) is 0.215. The SMILES string of the molecule is CCN(CCOC)c1nc(Cl)nc(N2CCOCC2)n1. The maximum atomic E-state index is 6.03. The summed E-state index contributed by atoms with van der Waals surface area (Å²) in [6.45, 7) is 7.06. The standard InChI is InChI=1S/C12H20ClN5O2/c1-3-17(4-7-19-2)11-14-10(13)15-12(16-11)18-5-8-20-9-6-18/h3-9H2,1-2H3. The third-order valence-corrected chi connectivity index (χ3v) is 3.28. The summed E-state index contributed by atoms with van der Waals surface area (Å²) in [5.74, 6) is 1.20. The lowest BCUT2D eigenvalue weighted by Gasteiger charge is -2.28. The van der Waals surface area contributed by atoms with Crippen molar-refractivity contribution in [3.63, 3.8) is 0 Å². The topological polar surface area (TPSA) is 63.6 Å². The zero-order chi connectivity index (χ0) is 14.4. The van der Waals surface area contributed by atoms with Crippen LogP contribution in [0.25, 0.3) is 0 Å². The molecule has 0 N–H and O–H groups in total. The number of aromatic nitrogens is 3. The molecule has 0 amide bonds. The second-order valence-electron chi connectivity index (χ2n) is 4.38. The Kier molecular flexibility index (Phi) is 5.75. The first kappa shape index (κ1) is 15.2. The highest BCUT2D eigenvalue weighted by molar-refractivity contribution is 6.28. The number of morpholine rings is 1. The van der Waals surface area contributed by atoms with Gasteiger partial charge in [-0.05, 0) is 18.5 Å². The molecule has 2 heterocycles.